The molecule has 0 atom stereocenters. The Morgan fingerprint density at radius 3 is 2.44 bits per heavy atom. The smallest absolute Gasteiger partial charge is 0.271 e. The average molecular weight is 398 g/mol. The third-order valence-corrected chi connectivity index (χ3v) is 5.27. The average Bonchev–Trinajstić information content (AvgIpc) is 2.65. The summed E-state index contributed by atoms with van der Waals surface area (Å²) < 4.78 is 44.8. The fourth-order valence-electron chi connectivity index (χ4n) is 2.20. The lowest BCUT2D eigenvalue weighted by atomic mass is 10.2. The van der Waals surface area contributed by atoms with E-state index in [-0.39, 0.29) is 16.3 Å². The molecule has 0 saturated carbocycles. The Morgan fingerprint density at radius 1 is 1.30 bits per heavy atom. The summed E-state index contributed by atoms with van der Waals surface area (Å²) in [6, 6.07) is 7.12. The molecule has 0 radical (unpaired) electrons. The van der Waals surface area contributed by atoms with E-state index in [1.165, 1.54) is 13.2 Å². The molecule has 3 N–H and O–H groups in total. The van der Waals surface area contributed by atoms with E-state index >= 15 is 0 Å². The molecule has 27 heavy (non-hydrogen) atoms. The number of nitrogens with one attached hydrogen (secondary N) is 1. The van der Waals surface area contributed by atoms with E-state index in [1.54, 1.807) is 5.43 Å². The zero-order valence-electron chi connectivity index (χ0n) is 14.0. The zero-order valence-corrected chi connectivity index (χ0v) is 14.8. The molecule has 2 aromatic carbocycles. The summed E-state index contributed by atoms with van der Waals surface area (Å²) in [6.45, 7) is -0.784. The van der Waals surface area contributed by atoms with Gasteiger partial charge in [-0.25, -0.2) is 18.7 Å². The quantitative estimate of drug-likeness (QED) is 0.305. The van der Waals surface area contributed by atoms with Crippen molar-refractivity contribution in [1.82, 2.24) is 5.43 Å². The third kappa shape index (κ3) is 4.30. The van der Waals surface area contributed by atoms with Gasteiger partial charge in [-0.3, -0.25) is 24.6 Å². The number of nitro benzene ring substituents is 1. The van der Waals surface area contributed by atoms with Gasteiger partial charge in [0.1, 0.15) is 23.8 Å². The predicted octanol–water partition coefficient (Wildman–Crippen LogP) is 0.928. The maximum absolute atomic E-state index is 13.1. The van der Waals surface area contributed by atoms with Crippen molar-refractivity contribution >= 4 is 27.3 Å². The molecule has 0 spiro atoms. The van der Waals surface area contributed by atoms with Gasteiger partial charge in [-0.1, -0.05) is 0 Å². The summed E-state index contributed by atoms with van der Waals surface area (Å²) >= 11 is 0. The number of non-ortho nitro benzene ring substituents is 1. The van der Waals surface area contributed by atoms with Crippen molar-refractivity contribution in [3.8, 4) is 5.75 Å². The first kappa shape index (κ1) is 20.1. The summed E-state index contributed by atoms with van der Waals surface area (Å²) in [7, 11) is -3.17. The van der Waals surface area contributed by atoms with Crippen LogP contribution in [0.1, 0.15) is 0 Å². The van der Waals surface area contributed by atoms with Crippen LogP contribution in [0.3, 0.4) is 0 Å². The maximum Gasteiger partial charge on any atom is 0.271 e. The molecule has 10 nitrogen and oxygen atoms in total. The van der Waals surface area contributed by atoms with Gasteiger partial charge in [0.25, 0.3) is 21.6 Å². The fourth-order valence-corrected chi connectivity index (χ4v) is 3.62. The van der Waals surface area contributed by atoms with Crippen molar-refractivity contribution in [2.45, 2.75) is 4.90 Å². The van der Waals surface area contributed by atoms with Crippen LogP contribution in [-0.4, -0.2) is 32.9 Å². The molecule has 0 saturated heterocycles. The number of carbonyl (C=O) groups excluding carboxylic acids is 1. The number of sulfonamides is 1. The highest BCUT2D eigenvalue weighted by Crippen LogP contribution is 2.35. The number of nitro groups is 1. The SMILES string of the molecule is COc1ccc([N+](=O)[O-])cc1N(CC(=O)NN)S(=O)(=O)c1ccc(F)cc1. The molecule has 0 bridgehead atoms. The third-order valence-electron chi connectivity index (χ3n) is 3.49. The molecular formula is C15H15FN4O6S. The molecule has 2 rings (SSSR count). The minimum Gasteiger partial charge on any atom is -0.495 e. The van der Waals surface area contributed by atoms with Crippen molar-refractivity contribution in [1.29, 1.82) is 0 Å². The Bertz CT molecular complexity index is 965. The van der Waals surface area contributed by atoms with Gasteiger partial charge in [0.2, 0.25) is 0 Å². The van der Waals surface area contributed by atoms with Crippen molar-refractivity contribution in [3.05, 3.63) is 58.4 Å². The molecule has 12 heteroatoms. The monoisotopic (exact) mass is 398 g/mol. The highest BCUT2D eigenvalue weighted by atomic mass is 32.2. The van der Waals surface area contributed by atoms with Crippen LogP contribution in [0, 0.1) is 15.9 Å². The van der Waals surface area contributed by atoms with Crippen molar-refractivity contribution in [3.63, 3.8) is 0 Å². The lowest BCUT2D eigenvalue weighted by molar-refractivity contribution is -0.384. The van der Waals surface area contributed by atoms with E-state index in [0.717, 1.165) is 36.4 Å². The van der Waals surface area contributed by atoms with E-state index in [4.69, 9.17) is 10.6 Å². The number of nitrogens with zero attached hydrogens (tertiary/aromatic N) is 2. The topological polar surface area (TPSA) is 145 Å². The van der Waals surface area contributed by atoms with Gasteiger partial charge < -0.3 is 4.74 Å². The Morgan fingerprint density at radius 2 is 1.93 bits per heavy atom. The van der Waals surface area contributed by atoms with Crippen LogP contribution in [0.4, 0.5) is 15.8 Å². The van der Waals surface area contributed by atoms with Crippen LogP contribution in [0.2, 0.25) is 0 Å². The van der Waals surface area contributed by atoms with Gasteiger partial charge in [-0.05, 0) is 30.3 Å². The van der Waals surface area contributed by atoms with E-state index in [9.17, 15) is 27.7 Å². The van der Waals surface area contributed by atoms with Gasteiger partial charge in [0, 0.05) is 12.1 Å². The minimum absolute atomic E-state index is 0.0314. The van der Waals surface area contributed by atoms with Crippen molar-refractivity contribution < 1.29 is 27.3 Å². The van der Waals surface area contributed by atoms with Gasteiger partial charge in [0.05, 0.1) is 16.9 Å². The summed E-state index contributed by atoms with van der Waals surface area (Å²) in [6.07, 6.45) is 0. The number of amides is 1. The number of halogens is 1. The standard InChI is InChI=1S/C15H15FN4O6S/c1-26-14-7-4-11(20(22)23)8-13(14)19(9-15(21)18-17)27(24,25)12-5-2-10(16)3-6-12/h2-8H,9,17H2,1H3,(H,18,21). The predicted molar refractivity (Wildman–Crippen MR) is 92.9 cm³/mol. The summed E-state index contributed by atoms with van der Waals surface area (Å²) in [4.78, 5) is 21.8. The lowest BCUT2D eigenvalue weighted by Gasteiger charge is -2.25. The summed E-state index contributed by atoms with van der Waals surface area (Å²) in [5, 5.41) is 11.1. The molecule has 1 amide bonds. The fraction of sp³-hybridized carbons (Fsp3) is 0.133. The summed E-state index contributed by atoms with van der Waals surface area (Å²) in [5.41, 5.74) is 1.12. The van der Waals surface area contributed by atoms with Crippen LogP contribution >= 0.6 is 0 Å². The normalized spacial score (nSPS) is 10.9. The van der Waals surface area contributed by atoms with E-state index in [0.29, 0.717) is 4.31 Å². The number of hydrogen-bond donors (Lipinski definition) is 2. The number of nitrogens with two attached hydrogens (primary N) is 1. The van der Waals surface area contributed by atoms with Crippen molar-refractivity contribution in [2.24, 2.45) is 5.84 Å². The number of ether oxygens (including phenoxy) is 1. The molecule has 0 aliphatic carbocycles. The first-order chi connectivity index (χ1) is 12.7. The molecule has 0 aromatic heterocycles. The second-order valence-electron chi connectivity index (χ2n) is 5.15. The zero-order chi connectivity index (χ0) is 20.2. The van der Waals surface area contributed by atoms with Crippen LogP contribution in [0.15, 0.2) is 47.4 Å². The Hall–Kier alpha value is -3.25. The second-order valence-corrected chi connectivity index (χ2v) is 7.01. The van der Waals surface area contributed by atoms with Gasteiger partial charge in [-0.2, -0.15) is 0 Å². The Balaban J connectivity index is 2.68. The first-order valence-electron chi connectivity index (χ1n) is 7.31. The van der Waals surface area contributed by atoms with Gasteiger partial charge in [0.15, 0.2) is 0 Å². The van der Waals surface area contributed by atoms with Crippen LogP contribution in [0.25, 0.3) is 0 Å². The summed E-state index contributed by atoms with van der Waals surface area (Å²) in [5.74, 6) is 3.47. The molecule has 0 heterocycles. The molecule has 0 unspecified atom stereocenters. The highest BCUT2D eigenvalue weighted by Gasteiger charge is 2.30. The number of anilines is 1. The second kappa shape index (κ2) is 7.97. The van der Waals surface area contributed by atoms with Gasteiger partial charge in [-0.15, -0.1) is 0 Å². The van der Waals surface area contributed by atoms with Crippen LogP contribution < -0.4 is 20.3 Å². The number of carbonyl (C=O) groups is 1. The number of hydrazine groups is 1. The highest BCUT2D eigenvalue weighted by molar-refractivity contribution is 7.92. The van der Waals surface area contributed by atoms with E-state index in [1.807, 2.05) is 0 Å². The molecule has 0 fully saturated rings. The van der Waals surface area contributed by atoms with E-state index in [2.05, 4.69) is 0 Å². The number of benzene rings is 2. The first-order valence-corrected chi connectivity index (χ1v) is 8.75. The molecular weight excluding hydrogens is 383 g/mol. The minimum atomic E-state index is -4.40. The molecule has 2 aromatic rings. The Labute approximate surface area is 153 Å². The maximum atomic E-state index is 13.1. The number of rotatable bonds is 7. The molecule has 144 valence electrons. The number of methoxy groups -OCH3 is 1. The lowest BCUT2D eigenvalue weighted by Crippen LogP contribution is -2.43. The molecule has 0 aliphatic rings. The Kier molecular flexibility index (Phi) is 5.92. The van der Waals surface area contributed by atoms with Gasteiger partial charge >= 0.3 is 0 Å². The van der Waals surface area contributed by atoms with Crippen LogP contribution in [0.5, 0.6) is 5.75 Å². The molecule has 0 aliphatic heterocycles. The van der Waals surface area contributed by atoms with Crippen molar-refractivity contribution in [2.75, 3.05) is 18.0 Å². The largest absolute Gasteiger partial charge is 0.495 e. The number of hydrogen-bond acceptors (Lipinski definition) is 7. The van der Waals surface area contributed by atoms with Crippen LogP contribution in [-0.2, 0) is 14.8 Å². The van der Waals surface area contributed by atoms with E-state index < -0.39 is 38.9 Å².